The minimum atomic E-state index is 0.290. The highest BCUT2D eigenvalue weighted by atomic mass is 16.5. The molecule has 0 saturated carbocycles. The Balaban J connectivity index is 2.73. The maximum atomic E-state index is 4.95. The van der Waals surface area contributed by atoms with Gasteiger partial charge in [0.2, 0.25) is 5.88 Å². The van der Waals surface area contributed by atoms with Gasteiger partial charge in [0.25, 0.3) is 0 Å². The maximum absolute atomic E-state index is 4.95. The Labute approximate surface area is 84.7 Å². The fourth-order valence-corrected chi connectivity index (χ4v) is 1.35. The van der Waals surface area contributed by atoms with E-state index in [1.54, 1.807) is 7.11 Å². The third-order valence-electron chi connectivity index (χ3n) is 2.15. The van der Waals surface area contributed by atoms with E-state index in [0.29, 0.717) is 11.9 Å². The van der Waals surface area contributed by atoms with E-state index in [-0.39, 0.29) is 0 Å². The number of methoxy groups -OCH3 is 1. The first kappa shape index (κ1) is 10.9. The third kappa shape index (κ3) is 2.67. The lowest BCUT2D eigenvalue weighted by molar-refractivity contribution is 0.389. The molecule has 0 aromatic carbocycles. The number of nitrogens with zero attached hydrogens (tertiary/aromatic N) is 2. The van der Waals surface area contributed by atoms with E-state index in [9.17, 15) is 0 Å². The van der Waals surface area contributed by atoms with Gasteiger partial charge in [0.15, 0.2) is 0 Å². The summed E-state index contributed by atoms with van der Waals surface area (Å²) in [5, 5.41) is 11.3. The van der Waals surface area contributed by atoms with Crippen molar-refractivity contribution in [2.24, 2.45) is 0 Å². The summed E-state index contributed by atoms with van der Waals surface area (Å²) in [6, 6.07) is 4.07. The second-order valence-corrected chi connectivity index (χ2v) is 3.13. The molecule has 0 amide bonds. The molecule has 14 heavy (non-hydrogen) atoms. The van der Waals surface area contributed by atoms with Crippen molar-refractivity contribution in [3.05, 3.63) is 17.8 Å². The molecule has 0 bridgehead atoms. The van der Waals surface area contributed by atoms with Crippen LogP contribution in [0.25, 0.3) is 0 Å². The molecule has 1 atom stereocenters. The minimum absolute atomic E-state index is 0.290. The van der Waals surface area contributed by atoms with Gasteiger partial charge in [-0.3, -0.25) is 0 Å². The number of rotatable bonds is 5. The van der Waals surface area contributed by atoms with Crippen molar-refractivity contribution < 1.29 is 4.74 Å². The van der Waals surface area contributed by atoms with E-state index in [2.05, 4.69) is 22.4 Å². The Morgan fingerprint density at radius 2 is 2.21 bits per heavy atom. The van der Waals surface area contributed by atoms with Gasteiger partial charge >= 0.3 is 0 Å². The van der Waals surface area contributed by atoms with Crippen LogP contribution in [-0.2, 0) is 0 Å². The van der Waals surface area contributed by atoms with Crippen molar-refractivity contribution >= 4 is 0 Å². The second kappa shape index (κ2) is 5.54. The molecule has 1 heterocycles. The molecule has 0 saturated heterocycles. The van der Waals surface area contributed by atoms with Gasteiger partial charge < -0.3 is 10.1 Å². The summed E-state index contributed by atoms with van der Waals surface area (Å²) in [5.74, 6) is 0.556. The van der Waals surface area contributed by atoms with Crippen molar-refractivity contribution in [2.75, 3.05) is 14.2 Å². The summed E-state index contributed by atoms with van der Waals surface area (Å²) in [4.78, 5) is 0. The van der Waals surface area contributed by atoms with Crippen LogP contribution in [0.5, 0.6) is 5.88 Å². The van der Waals surface area contributed by atoms with Gasteiger partial charge in [-0.25, -0.2) is 0 Å². The molecule has 1 aromatic heterocycles. The molecule has 0 fully saturated rings. The lowest BCUT2D eigenvalue weighted by Crippen LogP contribution is -2.17. The van der Waals surface area contributed by atoms with Crippen LogP contribution in [-0.4, -0.2) is 24.4 Å². The Morgan fingerprint density at radius 1 is 1.43 bits per heavy atom. The number of hydrogen-bond acceptors (Lipinski definition) is 4. The highest BCUT2D eigenvalue weighted by molar-refractivity contribution is 5.13. The van der Waals surface area contributed by atoms with E-state index in [4.69, 9.17) is 4.74 Å². The summed E-state index contributed by atoms with van der Waals surface area (Å²) in [7, 11) is 3.53. The molecule has 0 spiro atoms. The highest BCUT2D eigenvalue weighted by Gasteiger charge is 2.09. The minimum Gasteiger partial charge on any atom is -0.480 e. The summed E-state index contributed by atoms with van der Waals surface area (Å²) >= 11 is 0. The molecule has 0 aliphatic heterocycles. The first-order chi connectivity index (χ1) is 6.81. The lowest BCUT2D eigenvalue weighted by Gasteiger charge is -2.13. The van der Waals surface area contributed by atoms with Crippen molar-refractivity contribution in [1.29, 1.82) is 0 Å². The lowest BCUT2D eigenvalue weighted by atomic mass is 10.1. The van der Waals surface area contributed by atoms with Crippen LogP contribution in [0.15, 0.2) is 12.1 Å². The van der Waals surface area contributed by atoms with Gasteiger partial charge in [0, 0.05) is 6.07 Å². The van der Waals surface area contributed by atoms with Crippen molar-refractivity contribution in [3.63, 3.8) is 0 Å². The van der Waals surface area contributed by atoms with Gasteiger partial charge in [0.1, 0.15) is 0 Å². The van der Waals surface area contributed by atoms with Gasteiger partial charge in [-0.05, 0) is 19.5 Å². The van der Waals surface area contributed by atoms with Crippen LogP contribution < -0.4 is 10.1 Å². The molecule has 4 heteroatoms. The van der Waals surface area contributed by atoms with E-state index >= 15 is 0 Å². The van der Waals surface area contributed by atoms with Crippen LogP contribution >= 0.6 is 0 Å². The van der Waals surface area contributed by atoms with Crippen molar-refractivity contribution in [1.82, 2.24) is 15.5 Å². The average molecular weight is 195 g/mol. The maximum Gasteiger partial charge on any atom is 0.233 e. The molecule has 0 aliphatic carbocycles. The number of nitrogens with one attached hydrogen (secondary N) is 1. The summed E-state index contributed by atoms with van der Waals surface area (Å²) in [6.07, 6.45) is 2.19. The largest absolute Gasteiger partial charge is 0.480 e. The monoisotopic (exact) mass is 195 g/mol. The molecule has 1 unspecified atom stereocenters. The van der Waals surface area contributed by atoms with E-state index in [0.717, 1.165) is 18.5 Å². The third-order valence-corrected chi connectivity index (χ3v) is 2.15. The van der Waals surface area contributed by atoms with Crippen LogP contribution in [0, 0.1) is 0 Å². The molecular formula is C10H17N3O. The Morgan fingerprint density at radius 3 is 2.64 bits per heavy atom. The summed E-state index contributed by atoms with van der Waals surface area (Å²) < 4.78 is 4.95. The predicted molar refractivity (Wildman–Crippen MR) is 55.3 cm³/mol. The average Bonchev–Trinajstić information content (AvgIpc) is 2.26. The number of hydrogen-bond donors (Lipinski definition) is 1. The van der Waals surface area contributed by atoms with Crippen LogP contribution in [0.1, 0.15) is 31.5 Å². The number of aromatic nitrogens is 2. The Kier molecular flexibility index (Phi) is 4.32. The summed E-state index contributed by atoms with van der Waals surface area (Å²) in [5.41, 5.74) is 0.968. The quantitative estimate of drug-likeness (QED) is 0.774. The smallest absolute Gasteiger partial charge is 0.233 e. The first-order valence-corrected chi connectivity index (χ1v) is 4.86. The fraction of sp³-hybridized carbons (Fsp3) is 0.600. The summed E-state index contributed by atoms with van der Waals surface area (Å²) in [6.45, 7) is 2.15. The molecule has 1 N–H and O–H groups in total. The van der Waals surface area contributed by atoms with Gasteiger partial charge in [-0.2, -0.15) is 5.10 Å². The normalized spacial score (nSPS) is 12.5. The van der Waals surface area contributed by atoms with Crippen LogP contribution in [0.2, 0.25) is 0 Å². The van der Waals surface area contributed by atoms with E-state index in [1.165, 1.54) is 0 Å². The van der Waals surface area contributed by atoms with Crippen molar-refractivity contribution in [3.8, 4) is 5.88 Å². The highest BCUT2D eigenvalue weighted by Crippen LogP contribution is 2.16. The number of ether oxygens (including phenoxy) is 1. The van der Waals surface area contributed by atoms with Crippen LogP contribution in [0.3, 0.4) is 0 Å². The van der Waals surface area contributed by atoms with Crippen LogP contribution in [0.4, 0.5) is 0 Å². The SMILES string of the molecule is CCCC(NC)c1ccc(OC)nn1. The first-order valence-electron chi connectivity index (χ1n) is 4.86. The molecule has 1 aromatic rings. The zero-order chi connectivity index (χ0) is 10.4. The molecule has 78 valence electrons. The van der Waals surface area contributed by atoms with Crippen molar-refractivity contribution in [2.45, 2.75) is 25.8 Å². The fourth-order valence-electron chi connectivity index (χ4n) is 1.35. The van der Waals surface area contributed by atoms with Gasteiger partial charge in [0.05, 0.1) is 18.8 Å². The molecular weight excluding hydrogens is 178 g/mol. The second-order valence-electron chi connectivity index (χ2n) is 3.13. The molecule has 0 radical (unpaired) electrons. The molecule has 1 rings (SSSR count). The Bertz CT molecular complexity index is 261. The predicted octanol–water partition coefficient (Wildman–Crippen LogP) is 1.55. The van der Waals surface area contributed by atoms with Gasteiger partial charge in [-0.1, -0.05) is 13.3 Å². The van der Waals surface area contributed by atoms with Gasteiger partial charge in [-0.15, -0.1) is 5.10 Å². The topological polar surface area (TPSA) is 47.0 Å². The van der Waals surface area contributed by atoms with E-state index in [1.807, 2.05) is 19.2 Å². The Hall–Kier alpha value is -1.16. The zero-order valence-corrected chi connectivity index (χ0v) is 8.95. The standard InChI is InChI=1S/C10H17N3O/c1-4-5-8(11-2)9-6-7-10(14-3)13-12-9/h6-8,11H,4-5H2,1-3H3. The molecule has 4 nitrogen and oxygen atoms in total. The molecule has 0 aliphatic rings. The zero-order valence-electron chi connectivity index (χ0n) is 8.95. The van der Waals surface area contributed by atoms with E-state index < -0.39 is 0 Å².